The van der Waals surface area contributed by atoms with Gasteiger partial charge in [-0.05, 0) is 25.2 Å². The van der Waals surface area contributed by atoms with Gasteiger partial charge in [0.25, 0.3) is 0 Å². The topological polar surface area (TPSA) is 126 Å². The third-order valence-electron chi connectivity index (χ3n) is 6.24. The number of amides is 4. The summed E-state index contributed by atoms with van der Waals surface area (Å²) in [4.78, 5) is 50.3. The van der Waals surface area contributed by atoms with Crippen molar-refractivity contribution < 1.29 is 14.4 Å². The lowest BCUT2D eigenvalue weighted by Gasteiger charge is -2.50. The van der Waals surface area contributed by atoms with E-state index in [4.69, 9.17) is 0 Å². The number of hydrazine groups is 1. The second kappa shape index (κ2) is 8.84. The molecule has 0 radical (unpaired) electrons. The van der Waals surface area contributed by atoms with Crippen molar-refractivity contribution in [2.24, 2.45) is 5.41 Å². The van der Waals surface area contributed by atoms with E-state index in [0.29, 0.717) is 38.3 Å². The zero-order valence-corrected chi connectivity index (χ0v) is 20.1. The van der Waals surface area contributed by atoms with E-state index in [1.54, 1.807) is 30.9 Å². The lowest BCUT2D eigenvalue weighted by Crippen LogP contribution is -2.71. The maximum atomic E-state index is 13.4. The van der Waals surface area contributed by atoms with Crippen LogP contribution in [0.3, 0.4) is 0 Å². The summed E-state index contributed by atoms with van der Waals surface area (Å²) in [6, 6.07) is 1.18. The predicted molar refractivity (Wildman–Crippen MR) is 121 cm³/mol. The van der Waals surface area contributed by atoms with E-state index in [2.05, 4.69) is 15.3 Å². The largest absolute Gasteiger partial charge is 0.343 e. The Morgan fingerprint density at radius 2 is 1.94 bits per heavy atom. The number of carbonyl (C=O) groups is 3. The van der Waals surface area contributed by atoms with Crippen LogP contribution in [0, 0.1) is 16.7 Å². The molecule has 1 spiro atoms. The van der Waals surface area contributed by atoms with Crippen LogP contribution < -0.4 is 10.3 Å². The minimum absolute atomic E-state index is 0.126. The second-order valence-corrected chi connectivity index (χ2v) is 9.91. The number of likely N-dealkylation sites (tertiary alicyclic amines) is 1. The molecular weight excluding hydrogens is 424 g/mol. The minimum Gasteiger partial charge on any atom is -0.343 e. The molecule has 1 unspecified atom stereocenters. The van der Waals surface area contributed by atoms with Gasteiger partial charge in [-0.3, -0.25) is 19.6 Å². The number of urea groups is 1. The van der Waals surface area contributed by atoms with Crippen LogP contribution in [0.1, 0.15) is 46.2 Å². The Morgan fingerprint density at radius 3 is 2.52 bits per heavy atom. The smallest absolute Gasteiger partial charge is 0.338 e. The van der Waals surface area contributed by atoms with Crippen LogP contribution in [-0.4, -0.2) is 87.9 Å². The molecule has 11 heteroatoms. The molecular formula is C22H32N8O3. The van der Waals surface area contributed by atoms with Crippen molar-refractivity contribution in [3.63, 3.8) is 0 Å². The van der Waals surface area contributed by atoms with Gasteiger partial charge in [-0.15, -0.1) is 0 Å². The standard InChI is InChI=1S/C22H32N8O3/c1-15-18(31)27(5)22(19(32)25-15)7-9-29(10-8-22)20(33)28(6)30(14-21(2,3)4)17-13-24-12-16(11-23)26-17/h12-13,15H,7-10,14H2,1-6H3,(H,25,32). The molecule has 2 aliphatic rings. The molecule has 1 N–H and O–H groups in total. The number of nitrogens with one attached hydrogen (secondary N) is 1. The van der Waals surface area contributed by atoms with Gasteiger partial charge in [-0.2, -0.15) is 5.26 Å². The predicted octanol–water partition coefficient (Wildman–Crippen LogP) is 0.979. The molecule has 1 aromatic heterocycles. The first-order valence-corrected chi connectivity index (χ1v) is 11.0. The van der Waals surface area contributed by atoms with Crippen LogP contribution in [0.2, 0.25) is 0 Å². The Morgan fingerprint density at radius 1 is 1.30 bits per heavy atom. The molecule has 0 aliphatic carbocycles. The number of nitrogens with zero attached hydrogens (tertiary/aromatic N) is 7. The first-order valence-electron chi connectivity index (χ1n) is 11.0. The van der Waals surface area contributed by atoms with Crippen LogP contribution in [0.5, 0.6) is 0 Å². The van der Waals surface area contributed by atoms with E-state index in [0.717, 1.165) is 0 Å². The van der Waals surface area contributed by atoms with E-state index in [-0.39, 0.29) is 29.0 Å². The summed E-state index contributed by atoms with van der Waals surface area (Å²) in [5.41, 5.74) is -0.945. The number of carbonyl (C=O) groups excluding carboxylic acids is 3. The lowest BCUT2D eigenvalue weighted by atomic mass is 9.82. The highest BCUT2D eigenvalue weighted by molar-refractivity contribution is 5.99. The normalized spacial score (nSPS) is 20.3. The van der Waals surface area contributed by atoms with Crippen molar-refractivity contribution in [3.8, 4) is 6.07 Å². The molecule has 3 heterocycles. The van der Waals surface area contributed by atoms with Crippen LogP contribution in [0.4, 0.5) is 10.6 Å². The van der Waals surface area contributed by atoms with E-state index in [9.17, 15) is 19.6 Å². The number of rotatable bonds is 3. The van der Waals surface area contributed by atoms with Crippen LogP contribution >= 0.6 is 0 Å². The number of piperidine rings is 1. The van der Waals surface area contributed by atoms with Gasteiger partial charge >= 0.3 is 6.03 Å². The highest BCUT2D eigenvalue weighted by Crippen LogP contribution is 2.32. The molecule has 2 aliphatic heterocycles. The van der Waals surface area contributed by atoms with Crippen molar-refractivity contribution in [1.29, 1.82) is 5.26 Å². The fourth-order valence-corrected chi connectivity index (χ4v) is 4.31. The van der Waals surface area contributed by atoms with Gasteiger partial charge in [0, 0.05) is 33.7 Å². The van der Waals surface area contributed by atoms with Gasteiger partial charge < -0.3 is 15.1 Å². The quantitative estimate of drug-likeness (QED) is 0.672. The van der Waals surface area contributed by atoms with Crippen molar-refractivity contribution in [2.75, 3.05) is 38.7 Å². The molecule has 0 saturated carbocycles. The Hall–Kier alpha value is -3.42. The van der Waals surface area contributed by atoms with E-state index < -0.39 is 11.6 Å². The van der Waals surface area contributed by atoms with Crippen LogP contribution in [0.25, 0.3) is 0 Å². The number of piperazine rings is 1. The van der Waals surface area contributed by atoms with Gasteiger partial charge in [-0.25, -0.2) is 14.8 Å². The van der Waals surface area contributed by atoms with Gasteiger partial charge in [0.1, 0.15) is 17.6 Å². The second-order valence-electron chi connectivity index (χ2n) is 9.91. The average molecular weight is 457 g/mol. The Balaban J connectivity index is 1.78. The monoisotopic (exact) mass is 456 g/mol. The third kappa shape index (κ3) is 4.69. The first-order chi connectivity index (χ1) is 15.4. The number of hydrogen-bond acceptors (Lipinski definition) is 7. The van der Waals surface area contributed by atoms with Gasteiger partial charge in [-0.1, -0.05) is 20.8 Å². The first kappa shape index (κ1) is 24.2. The van der Waals surface area contributed by atoms with Gasteiger partial charge in [0.2, 0.25) is 11.8 Å². The number of anilines is 1. The summed E-state index contributed by atoms with van der Waals surface area (Å²) in [5, 5.41) is 15.2. The molecule has 1 atom stereocenters. The van der Waals surface area contributed by atoms with Crippen LogP contribution in [0.15, 0.2) is 12.4 Å². The SMILES string of the molecule is CC1NC(=O)C2(CCN(C(=O)N(C)N(CC(C)(C)C)c3cncc(C#N)n3)CC2)N(C)C1=O. The maximum absolute atomic E-state index is 13.4. The zero-order chi connectivity index (χ0) is 24.6. The van der Waals surface area contributed by atoms with E-state index in [1.807, 2.05) is 26.8 Å². The molecule has 0 bridgehead atoms. The molecule has 2 saturated heterocycles. The molecule has 2 fully saturated rings. The molecule has 4 amide bonds. The molecule has 11 nitrogen and oxygen atoms in total. The summed E-state index contributed by atoms with van der Waals surface area (Å²) in [6.45, 7) is 8.92. The summed E-state index contributed by atoms with van der Waals surface area (Å²) >= 11 is 0. The minimum atomic E-state index is -0.934. The molecule has 0 aromatic carbocycles. The number of likely N-dealkylation sites (N-methyl/N-ethyl adjacent to an activating group) is 1. The number of aromatic nitrogens is 2. The van der Waals surface area contributed by atoms with E-state index >= 15 is 0 Å². The maximum Gasteiger partial charge on any atom is 0.338 e. The third-order valence-corrected chi connectivity index (χ3v) is 6.24. The summed E-state index contributed by atoms with van der Waals surface area (Å²) < 4.78 is 0. The average Bonchev–Trinajstić information content (AvgIpc) is 2.79. The number of nitriles is 1. The highest BCUT2D eigenvalue weighted by Gasteiger charge is 2.52. The Labute approximate surface area is 194 Å². The summed E-state index contributed by atoms with van der Waals surface area (Å²) in [6.07, 6.45) is 3.61. The Bertz CT molecular complexity index is 975. The summed E-state index contributed by atoms with van der Waals surface area (Å²) in [7, 11) is 3.32. The lowest BCUT2D eigenvalue weighted by molar-refractivity contribution is -0.157. The molecule has 3 rings (SSSR count). The molecule has 33 heavy (non-hydrogen) atoms. The van der Waals surface area contributed by atoms with Crippen molar-refractivity contribution in [1.82, 2.24) is 30.1 Å². The van der Waals surface area contributed by atoms with Crippen molar-refractivity contribution >= 4 is 23.7 Å². The van der Waals surface area contributed by atoms with Crippen molar-refractivity contribution in [3.05, 3.63) is 18.1 Å². The van der Waals surface area contributed by atoms with Gasteiger partial charge in [0.05, 0.1) is 12.4 Å². The molecule has 1 aromatic rings. The highest BCUT2D eigenvalue weighted by atomic mass is 16.2. The van der Waals surface area contributed by atoms with E-state index in [1.165, 1.54) is 22.3 Å². The van der Waals surface area contributed by atoms with Crippen LogP contribution in [-0.2, 0) is 9.59 Å². The fraction of sp³-hybridized carbons (Fsp3) is 0.636. The fourth-order valence-electron chi connectivity index (χ4n) is 4.31. The Kier molecular flexibility index (Phi) is 6.49. The van der Waals surface area contributed by atoms with Crippen molar-refractivity contribution in [2.45, 2.75) is 52.1 Å². The number of hydrogen-bond donors (Lipinski definition) is 1. The molecule has 178 valence electrons. The van der Waals surface area contributed by atoms with Gasteiger partial charge in [0.15, 0.2) is 11.5 Å². The zero-order valence-electron chi connectivity index (χ0n) is 20.1. The summed E-state index contributed by atoms with van der Waals surface area (Å²) in [5.74, 6) is 0.105.